The zero-order chi connectivity index (χ0) is 29.8. The molecule has 14 heteroatoms. The number of carboxylic acid groups (broad SMARTS) is 2. The van der Waals surface area contributed by atoms with Crippen LogP contribution in [0, 0.1) is 0 Å². The molecule has 0 saturated heterocycles. The lowest BCUT2D eigenvalue weighted by atomic mass is 10.0. The van der Waals surface area contributed by atoms with Crippen LogP contribution in [0.4, 0.5) is 11.4 Å². The molecule has 0 aliphatic heterocycles. The Balaban J connectivity index is 2.27. The van der Waals surface area contributed by atoms with Crippen LogP contribution in [0.1, 0.15) is 26.7 Å². The van der Waals surface area contributed by atoms with Crippen LogP contribution < -0.4 is 27.0 Å². The zero-order valence-corrected chi connectivity index (χ0v) is 22.7. The number of aliphatic carboxylic acids is 2. The first-order valence-electron chi connectivity index (χ1n) is 12.1. The van der Waals surface area contributed by atoms with E-state index in [1.54, 1.807) is 42.5 Å². The van der Waals surface area contributed by atoms with E-state index >= 15 is 0 Å². The summed E-state index contributed by atoms with van der Waals surface area (Å²) in [6, 6.07) is 9.90. The number of benzene rings is 2. The van der Waals surface area contributed by atoms with E-state index in [2.05, 4.69) is 21.3 Å². The monoisotopic (exact) mass is 573 g/mol. The van der Waals surface area contributed by atoms with Gasteiger partial charge in [0.15, 0.2) is 0 Å². The summed E-state index contributed by atoms with van der Waals surface area (Å²) in [6.07, 6.45) is -0.421. The lowest BCUT2D eigenvalue weighted by molar-refractivity contribution is -0.139. The van der Waals surface area contributed by atoms with Gasteiger partial charge in [-0.05, 0) is 41.8 Å². The molecule has 2 rings (SSSR count). The van der Waals surface area contributed by atoms with Crippen molar-refractivity contribution in [2.24, 2.45) is 5.73 Å². The Morgan fingerprint density at radius 2 is 1.52 bits per heavy atom. The molecule has 40 heavy (non-hydrogen) atoms. The number of nitrogens with one attached hydrogen (secondary N) is 4. The van der Waals surface area contributed by atoms with E-state index < -0.39 is 42.4 Å². The minimum absolute atomic E-state index is 0.0420. The van der Waals surface area contributed by atoms with Crippen molar-refractivity contribution in [1.29, 1.82) is 0 Å². The highest BCUT2D eigenvalue weighted by atomic mass is 32.2. The maximum Gasteiger partial charge on any atom is 0.322 e. The van der Waals surface area contributed by atoms with Crippen LogP contribution in [0.15, 0.2) is 47.4 Å². The van der Waals surface area contributed by atoms with Crippen LogP contribution in [-0.4, -0.2) is 70.2 Å². The second-order valence-electron chi connectivity index (χ2n) is 8.68. The minimum Gasteiger partial charge on any atom is -0.480 e. The van der Waals surface area contributed by atoms with Crippen LogP contribution in [0.2, 0.25) is 0 Å². The van der Waals surface area contributed by atoms with Gasteiger partial charge in [-0.3, -0.25) is 28.8 Å². The molecule has 0 heterocycles. The standard InChI is InChI=1S/C26H31N5O8S/c1-14(32)29-18-6-3-16(4-7-18)17-5-9-20(30-15(2)33)22(11-17)40-13-21(25(37)28-12-24(35)36)31-23(34)10-8-19(27)26(38)39/h3-7,9,11,19,21H,8,10,12-13,27H2,1-2H3,(H,28,37)(H,29,32)(H,30,33)(H,31,34)(H,35,36)(H,38,39). The molecule has 13 nitrogen and oxygen atoms in total. The van der Waals surface area contributed by atoms with Crippen molar-refractivity contribution in [3.05, 3.63) is 42.5 Å². The second-order valence-corrected chi connectivity index (χ2v) is 9.74. The van der Waals surface area contributed by atoms with Crippen LogP contribution >= 0.6 is 11.8 Å². The zero-order valence-electron chi connectivity index (χ0n) is 21.9. The molecule has 2 aromatic rings. The number of carboxylic acids is 2. The average molecular weight is 574 g/mol. The fourth-order valence-corrected chi connectivity index (χ4v) is 4.45. The Bertz CT molecular complexity index is 1270. The number of anilines is 2. The van der Waals surface area contributed by atoms with E-state index in [0.717, 1.165) is 22.9 Å². The molecule has 0 bridgehead atoms. The molecular formula is C26H31N5O8S. The van der Waals surface area contributed by atoms with E-state index in [1.807, 2.05) is 0 Å². The van der Waals surface area contributed by atoms with Gasteiger partial charge in [0, 0.05) is 36.6 Å². The van der Waals surface area contributed by atoms with Gasteiger partial charge in [-0.15, -0.1) is 11.8 Å². The largest absolute Gasteiger partial charge is 0.480 e. The summed E-state index contributed by atoms with van der Waals surface area (Å²) in [5.74, 6) is -4.50. The highest BCUT2D eigenvalue weighted by molar-refractivity contribution is 7.99. The number of carbonyl (C=O) groups is 6. The highest BCUT2D eigenvalue weighted by Crippen LogP contribution is 2.33. The summed E-state index contributed by atoms with van der Waals surface area (Å²) < 4.78 is 0. The maximum atomic E-state index is 12.7. The molecule has 8 N–H and O–H groups in total. The van der Waals surface area contributed by atoms with Crippen molar-refractivity contribution in [2.75, 3.05) is 22.9 Å². The van der Waals surface area contributed by atoms with Gasteiger partial charge < -0.3 is 37.2 Å². The van der Waals surface area contributed by atoms with E-state index in [4.69, 9.17) is 15.9 Å². The quantitative estimate of drug-likeness (QED) is 0.160. The molecular weight excluding hydrogens is 542 g/mol. The summed E-state index contributed by atoms with van der Waals surface area (Å²) in [4.78, 5) is 70.6. The molecule has 0 saturated carbocycles. The maximum absolute atomic E-state index is 12.7. The summed E-state index contributed by atoms with van der Waals surface area (Å²) in [5.41, 5.74) is 8.09. The SMILES string of the molecule is CC(=O)Nc1ccc(-c2ccc(NC(C)=O)c(SCC(NC(=O)CCC(N)C(=O)O)C(=O)NCC(=O)O)c2)cc1. The van der Waals surface area contributed by atoms with Gasteiger partial charge in [0.1, 0.15) is 18.6 Å². The van der Waals surface area contributed by atoms with E-state index in [1.165, 1.54) is 13.8 Å². The lowest BCUT2D eigenvalue weighted by Crippen LogP contribution is -2.49. The topological polar surface area (TPSA) is 217 Å². The van der Waals surface area contributed by atoms with E-state index in [9.17, 15) is 28.8 Å². The van der Waals surface area contributed by atoms with Crippen molar-refractivity contribution in [3.8, 4) is 11.1 Å². The van der Waals surface area contributed by atoms with Gasteiger partial charge >= 0.3 is 11.9 Å². The Morgan fingerprint density at radius 3 is 2.10 bits per heavy atom. The molecule has 2 aromatic carbocycles. The van der Waals surface area contributed by atoms with Crippen molar-refractivity contribution < 1.29 is 39.0 Å². The number of nitrogens with two attached hydrogens (primary N) is 1. The van der Waals surface area contributed by atoms with Gasteiger partial charge in [0.25, 0.3) is 0 Å². The minimum atomic E-state index is -1.27. The van der Waals surface area contributed by atoms with Crippen molar-refractivity contribution in [3.63, 3.8) is 0 Å². The van der Waals surface area contributed by atoms with Gasteiger partial charge in [0.05, 0.1) is 5.69 Å². The molecule has 2 unspecified atom stereocenters. The molecule has 2 atom stereocenters. The predicted octanol–water partition coefficient (Wildman–Crippen LogP) is 1.24. The number of hydrogen-bond donors (Lipinski definition) is 7. The number of thioether (sulfide) groups is 1. The van der Waals surface area contributed by atoms with Crippen molar-refractivity contribution in [2.45, 2.75) is 43.7 Å². The Hall–Kier alpha value is -4.43. The van der Waals surface area contributed by atoms with Crippen molar-refractivity contribution in [1.82, 2.24) is 10.6 Å². The number of hydrogen-bond acceptors (Lipinski definition) is 8. The number of amides is 4. The van der Waals surface area contributed by atoms with Crippen molar-refractivity contribution >= 4 is 58.7 Å². The van der Waals surface area contributed by atoms with Gasteiger partial charge in [0.2, 0.25) is 23.6 Å². The normalized spacial score (nSPS) is 12.0. The first-order chi connectivity index (χ1) is 18.8. The fraction of sp³-hybridized carbons (Fsp3) is 0.308. The molecule has 0 fully saturated rings. The third kappa shape index (κ3) is 10.7. The molecule has 0 aromatic heterocycles. The first kappa shape index (κ1) is 31.8. The Labute approximate surface area is 234 Å². The molecule has 4 amide bonds. The summed E-state index contributed by atoms with van der Waals surface area (Å²) >= 11 is 1.14. The van der Waals surface area contributed by atoms with E-state index in [0.29, 0.717) is 16.3 Å². The van der Waals surface area contributed by atoms with Gasteiger partial charge in [-0.1, -0.05) is 18.2 Å². The van der Waals surface area contributed by atoms with Crippen LogP contribution in [-0.2, 0) is 28.8 Å². The smallest absolute Gasteiger partial charge is 0.322 e. The Kier molecular flexibility index (Phi) is 12.1. The summed E-state index contributed by atoms with van der Waals surface area (Å²) in [6.45, 7) is 2.08. The lowest BCUT2D eigenvalue weighted by Gasteiger charge is -2.19. The third-order valence-electron chi connectivity index (χ3n) is 5.30. The van der Waals surface area contributed by atoms with Crippen LogP contribution in [0.25, 0.3) is 11.1 Å². The molecule has 0 aliphatic rings. The average Bonchev–Trinajstić information content (AvgIpc) is 2.88. The third-order valence-corrected chi connectivity index (χ3v) is 6.45. The Morgan fingerprint density at radius 1 is 0.900 bits per heavy atom. The van der Waals surface area contributed by atoms with Crippen LogP contribution in [0.5, 0.6) is 0 Å². The molecule has 0 spiro atoms. The summed E-state index contributed by atoms with van der Waals surface area (Å²) in [7, 11) is 0. The van der Waals surface area contributed by atoms with Gasteiger partial charge in [-0.25, -0.2) is 0 Å². The number of rotatable bonds is 14. The molecule has 0 aliphatic carbocycles. The van der Waals surface area contributed by atoms with Gasteiger partial charge in [-0.2, -0.15) is 0 Å². The van der Waals surface area contributed by atoms with E-state index in [-0.39, 0.29) is 30.4 Å². The number of carbonyl (C=O) groups excluding carboxylic acids is 4. The highest BCUT2D eigenvalue weighted by Gasteiger charge is 2.23. The summed E-state index contributed by atoms with van der Waals surface area (Å²) in [5, 5.41) is 28.0. The second kappa shape index (κ2) is 15.2. The van der Waals surface area contributed by atoms with Crippen LogP contribution in [0.3, 0.4) is 0 Å². The molecule has 214 valence electrons. The fourth-order valence-electron chi connectivity index (χ4n) is 3.38. The predicted molar refractivity (Wildman–Crippen MR) is 149 cm³/mol. The first-order valence-corrected chi connectivity index (χ1v) is 13.0. The molecule has 0 radical (unpaired) electrons.